The number of hydrogen-bond donors (Lipinski definition) is 1. The van der Waals surface area contributed by atoms with Crippen molar-refractivity contribution in [3.8, 4) is 0 Å². The molecule has 0 radical (unpaired) electrons. The van der Waals surface area contributed by atoms with Crippen molar-refractivity contribution < 1.29 is 14.3 Å². The van der Waals surface area contributed by atoms with E-state index in [0.717, 1.165) is 0 Å². The molecule has 1 aliphatic heterocycles. The molecule has 0 saturated carbocycles. The predicted molar refractivity (Wildman–Crippen MR) is 59.4 cm³/mol. The Morgan fingerprint density at radius 3 is 2.94 bits per heavy atom. The number of carbonyl (C=O) groups excluding carboxylic acids is 1. The van der Waals surface area contributed by atoms with E-state index >= 15 is 0 Å². The zero-order valence-corrected chi connectivity index (χ0v) is 9.95. The average molecular weight is 289 g/mol. The Hall–Kier alpha value is -1.01. The van der Waals surface area contributed by atoms with Crippen molar-refractivity contribution in [2.24, 2.45) is 5.92 Å². The number of aromatic nitrogens is 1. The molecule has 16 heavy (non-hydrogen) atoms. The third-order valence-electron chi connectivity index (χ3n) is 2.55. The quantitative estimate of drug-likeness (QED) is 0.836. The maximum absolute atomic E-state index is 12.8. The summed E-state index contributed by atoms with van der Waals surface area (Å²) in [4.78, 5) is 16.8. The number of amides is 1. The van der Waals surface area contributed by atoms with Crippen molar-refractivity contribution in [3.05, 3.63) is 22.7 Å². The summed E-state index contributed by atoms with van der Waals surface area (Å²) in [7, 11) is 0. The molecule has 1 unspecified atom stereocenters. The molecule has 1 aromatic heterocycles. The Kier molecular flexibility index (Phi) is 3.20. The third-order valence-corrected chi connectivity index (χ3v) is 3.13. The maximum atomic E-state index is 12.8. The van der Waals surface area contributed by atoms with Gasteiger partial charge in [-0.2, -0.15) is 4.39 Å². The van der Waals surface area contributed by atoms with Gasteiger partial charge in [-0.1, -0.05) is 0 Å². The fourth-order valence-corrected chi connectivity index (χ4v) is 2.26. The van der Waals surface area contributed by atoms with Gasteiger partial charge in [0.2, 0.25) is 11.9 Å². The van der Waals surface area contributed by atoms with Crippen LogP contribution in [0.3, 0.4) is 0 Å². The highest BCUT2D eigenvalue weighted by Crippen LogP contribution is 2.30. The summed E-state index contributed by atoms with van der Waals surface area (Å²) >= 11 is 3.12. The fourth-order valence-electron chi connectivity index (χ4n) is 1.74. The van der Waals surface area contributed by atoms with Gasteiger partial charge in [0.25, 0.3) is 0 Å². The van der Waals surface area contributed by atoms with E-state index in [2.05, 4.69) is 20.9 Å². The van der Waals surface area contributed by atoms with Crippen LogP contribution in [0.15, 0.2) is 16.7 Å². The molecule has 1 aliphatic rings. The minimum atomic E-state index is -0.596. The zero-order chi connectivity index (χ0) is 11.7. The van der Waals surface area contributed by atoms with Crippen LogP contribution in [-0.4, -0.2) is 29.1 Å². The molecule has 0 bridgehead atoms. The minimum Gasteiger partial charge on any atom is -0.396 e. The Labute approximate surface area is 100 Å². The van der Waals surface area contributed by atoms with Crippen molar-refractivity contribution in [3.63, 3.8) is 0 Å². The van der Waals surface area contributed by atoms with Crippen LogP contribution in [0.4, 0.5) is 10.1 Å². The standard InChI is InChI=1S/C10H10BrFN2O2/c11-10-7(1-2-8(12)13-10)14-4-6(5-15)3-9(14)16/h1-2,6,15H,3-5H2. The van der Waals surface area contributed by atoms with Crippen molar-refractivity contribution in [2.45, 2.75) is 6.42 Å². The lowest BCUT2D eigenvalue weighted by atomic mass is 10.1. The van der Waals surface area contributed by atoms with Crippen LogP contribution in [0.25, 0.3) is 0 Å². The maximum Gasteiger partial charge on any atom is 0.227 e. The summed E-state index contributed by atoms with van der Waals surface area (Å²) in [6.45, 7) is 0.426. The number of halogens is 2. The van der Waals surface area contributed by atoms with Crippen LogP contribution in [0.2, 0.25) is 0 Å². The molecule has 0 aliphatic carbocycles. The van der Waals surface area contributed by atoms with Gasteiger partial charge in [0, 0.05) is 25.5 Å². The van der Waals surface area contributed by atoms with E-state index in [1.807, 2.05) is 0 Å². The summed E-state index contributed by atoms with van der Waals surface area (Å²) in [5, 5.41) is 9.00. The van der Waals surface area contributed by atoms with Crippen molar-refractivity contribution in [2.75, 3.05) is 18.1 Å². The van der Waals surface area contributed by atoms with Gasteiger partial charge in [-0.25, -0.2) is 4.98 Å². The molecule has 1 fully saturated rings. The first-order valence-electron chi connectivity index (χ1n) is 4.85. The van der Waals surface area contributed by atoms with Gasteiger partial charge >= 0.3 is 0 Å². The van der Waals surface area contributed by atoms with E-state index in [1.54, 1.807) is 0 Å². The first kappa shape index (κ1) is 11.5. The molecule has 1 amide bonds. The van der Waals surface area contributed by atoms with Gasteiger partial charge in [-0.05, 0) is 28.1 Å². The Balaban J connectivity index is 2.28. The van der Waals surface area contributed by atoms with E-state index in [9.17, 15) is 9.18 Å². The number of aliphatic hydroxyl groups is 1. The van der Waals surface area contributed by atoms with Crippen LogP contribution in [0, 0.1) is 11.9 Å². The molecule has 1 saturated heterocycles. The van der Waals surface area contributed by atoms with Crippen LogP contribution in [0.1, 0.15) is 6.42 Å². The van der Waals surface area contributed by atoms with Crippen LogP contribution in [0.5, 0.6) is 0 Å². The normalized spacial score (nSPS) is 20.6. The summed E-state index contributed by atoms with van der Waals surface area (Å²) in [6.07, 6.45) is 0.320. The van der Waals surface area contributed by atoms with E-state index in [4.69, 9.17) is 5.11 Å². The molecule has 1 N–H and O–H groups in total. The predicted octanol–water partition coefficient (Wildman–Crippen LogP) is 1.33. The number of aliphatic hydroxyl groups excluding tert-OH is 1. The first-order valence-corrected chi connectivity index (χ1v) is 5.64. The van der Waals surface area contributed by atoms with Gasteiger partial charge in [-0.15, -0.1) is 0 Å². The van der Waals surface area contributed by atoms with Crippen LogP contribution in [-0.2, 0) is 4.79 Å². The number of rotatable bonds is 2. The summed E-state index contributed by atoms with van der Waals surface area (Å²) in [5.41, 5.74) is 0.544. The molecule has 6 heteroatoms. The Bertz CT molecular complexity index is 427. The molecule has 86 valence electrons. The average Bonchev–Trinajstić information content (AvgIpc) is 2.60. The summed E-state index contributed by atoms with van der Waals surface area (Å²) in [6, 6.07) is 2.71. The van der Waals surface area contributed by atoms with Gasteiger partial charge in [0.15, 0.2) is 0 Å². The van der Waals surface area contributed by atoms with Crippen molar-refractivity contribution in [1.82, 2.24) is 4.98 Å². The van der Waals surface area contributed by atoms with Crippen molar-refractivity contribution >= 4 is 27.5 Å². The molecule has 4 nitrogen and oxygen atoms in total. The molecule has 0 spiro atoms. The molecule has 1 aromatic rings. The summed E-state index contributed by atoms with van der Waals surface area (Å²) < 4.78 is 13.1. The van der Waals surface area contributed by atoms with Gasteiger partial charge in [0.05, 0.1) is 5.69 Å². The molecule has 2 rings (SSSR count). The largest absolute Gasteiger partial charge is 0.396 e. The Morgan fingerprint density at radius 2 is 2.38 bits per heavy atom. The zero-order valence-electron chi connectivity index (χ0n) is 8.36. The van der Waals surface area contributed by atoms with Crippen LogP contribution < -0.4 is 4.90 Å². The van der Waals surface area contributed by atoms with Crippen LogP contribution >= 0.6 is 15.9 Å². The highest BCUT2D eigenvalue weighted by molar-refractivity contribution is 9.10. The van der Waals surface area contributed by atoms with Gasteiger partial charge in [0.1, 0.15) is 4.60 Å². The van der Waals surface area contributed by atoms with Gasteiger partial charge in [-0.3, -0.25) is 4.79 Å². The number of hydrogen-bond acceptors (Lipinski definition) is 3. The SMILES string of the molecule is O=C1CC(CO)CN1c1ccc(F)nc1Br. The van der Waals surface area contributed by atoms with Gasteiger partial charge < -0.3 is 10.0 Å². The number of nitrogens with zero attached hydrogens (tertiary/aromatic N) is 2. The van der Waals surface area contributed by atoms with E-state index in [-0.39, 0.29) is 18.4 Å². The second-order valence-electron chi connectivity index (χ2n) is 3.70. The molecule has 2 heterocycles. The molecule has 1 atom stereocenters. The highest BCUT2D eigenvalue weighted by atomic mass is 79.9. The first-order chi connectivity index (χ1) is 7.61. The number of pyridine rings is 1. The monoisotopic (exact) mass is 288 g/mol. The Morgan fingerprint density at radius 1 is 1.62 bits per heavy atom. The lowest BCUT2D eigenvalue weighted by Crippen LogP contribution is -2.25. The molecular weight excluding hydrogens is 279 g/mol. The molecular formula is C10H10BrFN2O2. The summed E-state index contributed by atoms with van der Waals surface area (Å²) in [5.74, 6) is -0.724. The highest BCUT2D eigenvalue weighted by Gasteiger charge is 2.31. The lowest BCUT2D eigenvalue weighted by Gasteiger charge is -2.17. The van der Waals surface area contributed by atoms with Crippen molar-refractivity contribution in [1.29, 1.82) is 0 Å². The smallest absolute Gasteiger partial charge is 0.227 e. The number of anilines is 1. The second kappa shape index (κ2) is 4.47. The minimum absolute atomic E-state index is 0.0194. The lowest BCUT2D eigenvalue weighted by molar-refractivity contribution is -0.117. The topological polar surface area (TPSA) is 53.4 Å². The van der Waals surface area contributed by atoms with E-state index in [1.165, 1.54) is 17.0 Å². The van der Waals surface area contributed by atoms with E-state index < -0.39 is 5.95 Å². The number of carbonyl (C=O) groups is 1. The second-order valence-corrected chi connectivity index (χ2v) is 4.45. The third kappa shape index (κ3) is 2.08. The molecule has 0 aromatic carbocycles. The fraction of sp³-hybridized carbons (Fsp3) is 0.400. The van der Waals surface area contributed by atoms with E-state index in [0.29, 0.717) is 23.3 Å².